The average molecular weight is 399 g/mol. The Kier molecular flexibility index (Phi) is 8.02. The normalized spacial score (nSPS) is 16.8. The van der Waals surface area contributed by atoms with E-state index in [2.05, 4.69) is 33.2 Å². The Balaban J connectivity index is 1.63. The van der Waals surface area contributed by atoms with Crippen molar-refractivity contribution in [1.29, 1.82) is 0 Å². The first-order chi connectivity index (χ1) is 14.2. The van der Waals surface area contributed by atoms with Crippen LogP contribution in [0.15, 0.2) is 24.8 Å². The summed E-state index contributed by atoms with van der Waals surface area (Å²) in [6.07, 6.45) is 13.6. The molecule has 1 unspecified atom stereocenters. The topological polar surface area (TPSA) is 75.9 Å². The van der Waals surface area contributed by atoms with Gasteiger partial charge in [0.05, 0.1) is 6.33 Å². The van der Waals surface area contributed by atoms with Gasteiger partial charge in [0.25, 0.3) is 0 Å². The molecule has 0 saturated carbocycles. The molecule has 2 aromatic rings. The van der Waals surface area contributed by atoms with Crippen molar-refractivity contribution < 1.29 is 4.79 Å². The van der Waals surface area contributed by atoms with Crippen LogP contribution in [0.25, 0.3) is 0 Å². The molecule has 3 rings (SSSR count). The second-order valence-corrected chi connectivity index (χ2v) is 7.94. The van der Waals surface area contributed by atoms with Crippen molar-refractivity contribution in [2.75, 3.05) is 18.0 Å². The van der Waals surface area contributed by atoms with E-state index in [0.29, 0.717) is 6.42 Å². The van der Waals surface area contributed by atoms with Crippen LogP contribution in [0.5, 0.6) is 0 Å². The molecule has 1 atom stereocenters. The van der Waals surface area contributed by atoms with Crippen LogP contribution < -0.4 is 10.2 Å². The lowest BCUT2D eigenvalue weighted by Crippen LogP contribution is -2.43. The summed E-state index contributed by atoms with van der Waals surface area (Å²) < 4.78 is 2.04. The van der Waals surface area contributed by atoms with E-state index in [1.54, 1.807) is 6.20 Å². The smallest absolute Gasteiger partial charge is 0.222 e. The molecule has 7 heteroatoms. The molecular formula is C22H34N6O. The van der Waals surface area contributed by atoms with Gasteiger partial charge < -0.3 is 14.8 Å². The van der Waals surface area contributed by atoms with Crippen molar-refractivity contribution >= 4 is 11.7 Å². The first-order valence-electron chi connectivity index (χ1n) is 11.0. The van der Waals surface area contributed by atoms with E-state index in [9.17, 15) is 4.79 Å². The monoisotopic (exact) mass is 398 g/mol. The minimum Gasteiger partial charge on any atom is -0.356 e. The SMILES string of the molecule is CCCCCNC(=O)CC1CCCCN1c1cc(C)nc(CCn2ccnc2)n1. The standard InChI is InChI=1S/C22H34N6O/c1-3-4-6-10-24-22(29)16-19-8-5-7-12-28(19)21-15-18(2)25-20(26-21)9-13-27-14-11-23-17-27/h11,14-15,17,19H,3-10,12-13,16H2,1-2H3,(H,24,29). The lowest BCUT2D eigenvalue weighted by atomic mass is 9.99. The summed E-state index contributed by atoms with van der Waals surface area (Å²) in [5.41, 5.74) is 0.976. The van der Waals surface area contributed by atoms with Gasteiger partial charge >= 0.3 is 0 Å². The van der Waals surface area contributed by atoms with Crippen molar-refractivity contribution in [3.8, 4) is 0 Å². The van der Waals surface area contributed by atoms with Gasteiger partial charge in [0, 0.05) is 62.7 Å². The highest BCUT2D eigenvalue weighted by Crippen LogP contribution is 2.26. The molecule has 3 heterocycles. The van der Waals surface area contributed by atoms with E-state index in [-0.39, 0.29) is 11.9 Å². The fourth-order valence-corrected chi connectivity index (χ4v) is 3.92. The van der Waals surface area contributed by atoms with Crippen molar-refractivity contribution in [3.63, 3.8) is 0 Å². The lowest BCUT2D eigenvalue weighted by Gasteiger charge is -2.36. The number of aromatic nitrogens is 4. The zero-order valence-corrected chi connectivity index (χ0v) is 17.8. The number of piperidine rings is 1. The Morgan fingerprint density at radius 3 is 2.97 bits per heavy atom. The summed E-state index contributed by atoms with van der Waals surface area (Å²) in [5.74, 6) is 1.97. The second kappa shape index (κ2) is 10.9. The zero-order chi connectivity index (χ0) is 20.5. The number of carbonyl (C=O) groups excluding carboxylic acids is 1. The average Bonchev–Trinajstić information content (AvgIpc) is 3.23. The summed E-state index contributed by atoms with van der Waals surface area (Å²) in [7, 11) is 0. The van der Waals surface area contributed by atoms with Gasteiger partial charge in [0.1, 0.15) is 11.6 Å². The summed E-state index contributed by atoms with van der Waals surface area (Å²) in [4.78, 5) is 28.3. The number of nitrogens with one attached hydrogen (secondary N) is 1. The molecule has 0 aliphatic carbocycles. The van der Waals surface area contributed by atoms with Crippen molar-refractivity contribution in [2.24, 2.45) is 0 Å². The van der Waals surface area contributed by atoms with E-state index in [1.165, 1.54) is 12.8 Å². The predicted octanol–water partition coefficient (Wildman–Crippen LogP) is 3.28. The van der Waals surface area contributed by atoms with Crippen molar-refractivity contribution in [3.05, 3.63) is 36.3 Å². The van der Waals surface area contributed by atoms with Crippen LogP contribution in [-0.4, -0.2) is 44.6 Å². The van der Waals surface area contributed by atoms with Gasteiger partial charge in [-0.15, -0.1) is 0 Å². The Morgan fingerprint density at radius 1 is 1.28 bits per heavy atom. The van der Waals surface area contributed by atoms with Gasteiger partial charge in [0.2, 0.25) is 5.91 Å². The summed E-state index contributed by atoms with van der Waals surface area (Å²) in [6, 6.07) is 2.27. The quantitative estimate of drug-likeness (QED) is 0.622. The first kappa shape index (κ1) is 21.3. The zero-order valence-electron chi connectivity index (χ0n) is 17.8. The number of unbranched alkanes of at least 4 members (excludes halogenated alkanes) is 2. The fourth-order valence-electron chi connectivity index (χ4n) is 3.92. The van der Waals surface area contributed by atoms with Crippen LogP contribution in [0.3, 0.4) is 0 Å². The number of carbonyl (C=O) groups is 1. The Bertz CT molecular complexity index is 761. The molecule has 0 aromatic carbocycles. The number of nitrogens with zero attached hydrogens (tertiary/aromatic N) is 5. The van der Waals surface area contributed by atoms with Gasteiger partial charge in [-0.1, -0.05) is 19.8 Å². The highest BCUT2D eigenvalue weighted by atomic mass is 16.1. The molecule has 1 amide bonds. The molecule has 0 bridgehead atoms. The lowest BCUT2D eigenvalue weighted by molar-refractivity contribution is -0.121. The minimum atomic E-state index is 0.157. The molecule has 1 saturated heterocycles. The number of aryl methyl sites for hydroxylation is 3. The van der Waals surface area contributed by atoms with Gasteiger partial charge in [0.15, 0.2) is 0 Å². The van der Waals surface area contributed by atoms with Crippen LogP contribution in [0.4, 0.5) is 5.82 Å². The number of rotatable bonds is 10. The Hall–Kier alpha value is -2.44. The van der Waals surface area contributed by atoms with Gasteiger partial charge in [-0.2, -0.15) is 0 Å². The Morgan fingerprint density at radius 2 is 2.17 bits per heavy atom. The number of amides is 1. The van der Waals surface area contributed by atoms with Crippen LogP contribution in [0.2, 0.25) is 0 Å². The number of anilines is 1. The van der Waals surface area contributed by atoms with Crippen molar-refractivity contribution in [2.45, 2.75) is 77.8 Å². The van der Waals surface area contributed by atoms with Gasteiger partial charge in [-0.05, 0) is 32.6 Å². The summed E-state index contributed by atoms with van der Waals surface area (Å²) in [5, 5.41) is 3.09. The van der Waals surface area contributed by atoms with E-state index < -0.39 is 0 Å². The van der Waals surface area contributed by atoms with Crippen LogP contribution in [0.1, 0.15) is 63.4 Å². The second-order valence-electron chi connectivity index (χ2n) is 7.94. The highest BCUT2D eigenvalue weighted by molar-refractivity contribution is 5.77. The fraction of sp³-hybridized carbons (Fsp3) is 0.636. The van der Waals surface area contributed by atoms with E-state index in [0.717, 1.165) is 69.1 Å². The largest absolute Gasteiger partial charge is 0.356 e. The van der Waals surface area contributed by atoms with Gasteiger partial charge in [-0.3, -0.25) is 4.79 Å². The molecule has 29 heavy (non-hydrogen) atoms. The van der Waals surface area contributed by atoms with Crippen LogP contribution in [0, 0.1) is 6.92 Å². The number of hydrogen-bond acceptors (Lipinski definition) is 5. The third kappa shape index (κ3) is 6.54. The van der Waals surface area contributed by atoms with E-state index in [4.69, 9.17) is 4.98 Å². The molecule has 7 nitrogen and oxygen atoms in total. The molecule has 0 radical (unpaired) electrons. The number of imidazole rings is 1. The number of hydrogen-bond donors (Lipinski definition) is 1. The predicted molar refractivity (Wildman–Crippen MR) is 115 cm³/mol. The molecule has 1 aliphatic rings. The maximum absolute atomic E-state index is 12.4. The van der Waals surface area contributed by atoms with E-state index in [1.807, 2.05) is 24.0 Å². The Labute approximate surface area is 174 Å². The molecule has 0 spiro atoms. The van der Waals surface area contributed by atoms with Crippen LogP contribution in [-0.2, 0) is 17.8 Å². The third-order valence-corrected chi connectivity index (χ3v) is 5.48. The summed E-state index contributed by atoms with van der Waals surface area (Å²) in [6.45, 7) is 6.74. The molecule has 2 aromatic heterocycles. The van der Waals surface area contributed by atoms with E-state index >= 15 is 0 Å². The minimum absolute atomic E-state index is 0.157. The maximum Gasteiger partial charge on any atom is 0.222 e. The first-order valence-corrected chi connectivity index (χ1v) is 11.0. The van der Waals surface area contributed by atoms with Gasteiger partial charge in [-0.25, -0.2) is 15.0 Å². The third-order valence-electron chi connectivity index (χ3n) is 5.48. The molecule has 1 N–H and O–H groups in total. The molecule has 1 aliphatic heterocycles. The highest BCUT2D eigenvalue weighted by Gasteiger charge is 2.26. The van der Waals surface area contributed by atoms with Crippen LogP contribution >= 0.6 is 0 Å². The molecular weight excluding hydrogens is 364 g/mol. The molecule has 158 valence electrons. The summed E-state index contributed by atoms with van der Waals surface area (Å²) >= 11 is 0. The molecule has 1 fully saturated rings. The maximum atomic E-state index is 12.4. The van der Waals surface area contributed by atoms with Crippen molar-refractivity contribution in [1.82, 2.24) is 24.8 Å².